The molecular formula is C11H23N3. The standard InChI is InChI=1S/C11H23N3/c1-9-6-14(11-4-5-11)8-10(12-9)7-13(2)3/h9-12H,4-8H2,1-3H3. The van der Waals surface area contributed by atoms with Crippen molar-refractivity contribution >= 4 is 0 Å². The van der Waals surface area contributed by atoms with Gasteiger partial charge in [-0.15, -0.1) is 0 Å². The normalized spacial score (nSPS) is 35.1. The van der Waals surface area contributed by atoms with Crippen molar-refractivity contribution in [1.82, 2.24) is 15.1 Å². The Morgan fingerprint density at radius 1 is 1.29 bits per heavy atom. The van der Waals surface area contributed by atoms with E-state index in [1.54, 1.807) is 0 Å². The van der Waals surface area contributed by atoms with Crippen LogP contribution in [0.2, 0.25) is 0 Å². The van der Waals surface area contributed by atoms with Crippen LogP contribution in [0.15, 0.2) is 0 Å². The first-order chi connectivity index (χ1) is 6.65. The molecule has 1 saturated heterocycles. The molecule has 2 aliphatic rings. The van der Waals surface area contributed by atoms with E-state index in [1.807, 2.05) is 0 Å². The van der Waals surface area contributed by atoms with Crippen molar-refractivity contribution in [3.63, 3.8) is 0 Å². The lowest BCUT2D eigenvalue weighted by molar-refractivity contribution is 0.142. The second kappa shape index (κ2) is 4.17. The summed E-state index contributed by atoms with van der Waals surface area (Å²) in [5.74, 6) is 0. The number of piperazine rings is 1. The lowest BCUT2D eigenvalue weighted by Crippen LogP contribution is -2.58. The monoisotopic (exact) mass is 197 g/mol. The summed E-state index contributed by atoms with van der Waals surface area (Å²) in [5.41, 5.74) is 0. The molecule has 1 aliphatic heterocycles. The summed E-state index contributed by atoms with van der Waals surface area (Å²) in [6, 6.07) is 2.24. The fourth-order valence-corrected chi connectivity index (χ4v) is 2.51. The summed E-state index contributed by atoms with van der Waals surface area (Å²) in [4.78, 5) is 4.95. The van der Waals surface area contributed by atoms with E-state index in [2.05, 4.69) is 36.1 Å². The molecule has 0 bridgehead atoms. The lowest BCUT2D eigenvalue weighted by atomic mass is 10.1. The van der Waals surface area contributed by atoms with Crippen molar-refractivity contribution in [2.75, 3.05) is 33.7 Å². The van der Waals surface area contributed by atoms with Gasteiger partial charge in [0.25, 0.3) is 0 Å². The number of nitrogens with zero attached hydrogens (tertiary/aromatic N) is 2. The molecule has 0 aromatic rings. The fourth-order valence-electron chi connectivity index (χ4n) is 2.51. The molecule has 0 radical (unpaired) electrons. The van der Waals surface area contributed by atoms with Crippen LogP contribution in [0.5, 0.6) is 0 Å². The van der Waals surface area contributed by atoms with Gasteiger partial charge >= 0.3 is 0 Å². The van der Waals surface area contributed by atoms with Crippen LogP contribution < -0.4 is 5.32 Å². The Bertz CT molecular complexity index is 187. The average Bonchev–Trinajstić information content (AvgIpc) is 2.82. The number of nitrogens with one attached hydrogen (secondary N) is 1. The number of rotatable bonds is 3. The molecule has 1 heterocycles. The molecule has 2 unspecified atom stereocenters. The zero-order chi connectivity index (χ0) is 10.1. The Kier molecular flexibility index (Phi) is 3.10. The fraction of sp³-hybridized carbons (Fsp3) is 1.00. The molecule has 2 atom stereocenters. The third-order valence-electron chi connectivity index (χ3n) is 3.13. The zero-order valence-corrected chi connectivity index (χ0v) is 9.66. The van der Waals surface area contributed by atoms with Gasteiger partial charge < -0.3 is 10.2 Å². The van der Waals surface area contributed by atoms with Crippen LogP contribution in [0.3, 0.4) is 0 Å². The Morgan fingerprint density at radius 3 is 2.57 bits per heavy atom. The zero-order valence-electron chi connectivity index (χ0n) is 9.66. The van der Waals surface area contributed by atoms with E-state index in [0.717, 1.165) is 12.6 Å². The first-order valence-electron chi connectivity index (χ1n) is 5.80. The van der Waals surface area contributed by atoms with E-state index < -0.39 is 0 Å². The van der Waals surface area contributed by atoms with Crippen molar-refractivity contribution in [3.05, 3.63) is 0 Å². The number of likely N-dealkylation sites (N-methyl/N-ethyl adjacent to an activating group) is 1. The van der Waals surface area contributed by atoms with E-state index >= 15 is 0 Å². The number of hydrogen-bond acceptors (Lipinski definition) is 3. The summed E-state index contributed by atoms with van der Waals surface area (Å²) in [6.45, 7) is 5.95. The van der Waals surface area contributed by atoms with E-state index in [1.165, 1.54) is 25.9 Å². The molecule has 1 N–H and O–H groups in total. The van der Waals surface area contributed by atoms with E-state index in [4.69, 9.17) is 0 Å². The van der Waals surface area contributed by atoms with Gasteiger partial charge in [-0.25, -0.2) is 0 Å². The number of hydrogen-bond donors (Lipinski definition) is 1. The van der Waals surface area contributed by atoms with Gasteiger partial charge in [-0.2, -0.15) is 0 Å². The molecule has 1 saturated carbocycles. The van der Waals surface area contributed by atoms with Gasteiger partial charge in [0, 0.05) is 37.8 Å². The molecule has 3 nitrogen and oxygen atoms in total. The largest absolute Gasteiger partial charge is 0.308 e. The maximum atomic E-state index is 3.68. The highest BCUT2D eigenvalue weighted by atomic mass is 15.3. The summed E-state index contributed by atoms with van der Waals surface area (Å²) >= 11 is 0. The van der Waals surface area contributed by atoms with Gasteiger partial charge in [0.2, 0.25) is 0 Å². The predicted octanol–water partition coefficient (Wildman–Crippen LogP) is 0.373. The van der Waals surface area contributed by atoms with Crippen molar-refractivity contribution in [1.29, 1.82) is 0 Å². The second-order valence-electron chi connectivity index (χ2n) is 5.21. The highest BCUT2D eigenvalue weighted by molar-refractivity contribution is 4.93. The van der Waals surface area contributed by atoms with Crippen LogP contribution >= 0.6 is 0 Å². The minimum Gasteiger partial charge on any atom is -0.308 e. The van der Waals surface area contributed by atoms with Crippen LogP contribution in [0, 0.1) is 0 Å². The Balaban J connectivity index is 1.85. The molecule has 1 aliphatic carbocycles. The smallest absolute Gasteiger partial charge is 0.0325 e. The van der Waals surface area contributed by atoms with Gasteiger partial charge in [-0.1, -0.05) is 0 Å². The van der Waals surface area contributed by atoms with E-state index in [-0.39, 0.29) is 0 Å². The SMILES string of the molecule is CC1CN(C2CC2)CC(CN(C)C)N1. The van der Waals surface area contributed by atoms with E-state index in [0.29, 0.717) is 12.1 Å². The van der Waals surface area contributed by atoms with Crippen LogP contribution in [0.1, 0.15) is 19.8 Å². The van der Waals surface area contributed by atoms with Crippen molar-refractivity contribution < 1.29 is 0 Å². The molecule has 2 fully saturated rings. The van der Waals surface area contributed by atoms with Crippen LogP contribution in [-0.4, -0.2) is 61.7 Å². The predicted molar refractivity (Wildman–Crippen MR) is 59.5 cm³/mol. The average molecular weight is 197 g/mol. The third-order valence-corrected chi connectivity index (χ3v) is 3.13. The van der Waals surface area contributed by atoms with Gasteiger partial charge in [-0.3, -0.25) is 4.90 Å². The molecule has 0 aromatic heterocycles. The Morgan fingerprint density at radius 2 is 2.00 bits per heavy atom. The van der Waals surface area contributed by atoms with Gasteiger partial charge in [0.15, 0.2) is 0 Å². The molecule has 0 amide bonds. The Labute approximate surface area is 87.4 Å². The Hall–Kier alpha value is -0.120. The third kappa shape index (κ3) is 2.69. The summed E-state index contributed by atoms with van der Waals surface area (Å²) < 4.78 is 0. The summed E-state index contributed by atoms with van der Waals surface area (Å²) in [7, 11) is 4.31. The topological polar surface area (TPSA) is 18.5 Å². The van der Waals surface area contributed by atoms with E-state index in [9.17, 15) is 0 Å². The van der Waals surface area contributed by atoms with Gasteiger partial charge in [-0.05, 0) is 33.9 Å². The molecule has 2 rings (SSSR count). The molecule has 3 heteroatoms. The van der Waals surface area contributed by atoms with Crippen molar-refractivity contribution in [2.45, 2.75) is 37.9 Å². The summed E-state index contributed by atoms with van der Waals surface area (Å²) in [6.07, 6.45) is 2.86. The van der Waals surface area contributed by atoms with Crippen molar-refractivity contribution in [3.8, 4) is 0 Å². The molecule has 0 spiro atoms. The molecule has 82 valence electrons. The minimum absolute atomic E-state index is 0.661. The van der Waals surface area contributed by atoms with Gasteiger partial charge in [0.05, 0.1) is 0 Å². The van der Waals surface area contributed by atoms with Crippen LogP contribution in [0.25, 0.3) is 0 Å². The molecular weight excluding hydrogens is 174 g/mol. The minimum atomic E-state index is 0.661. The molecule has 14 heavy (non-hydrogen) atoms. The maximum absolute atomic E-state index is 3.68. The molecule has 0 aromatic carbocycles. The second-order valence-corrected chi connectivity index (χ2v) is 5.21. The van der Waals surface area contributed by atoms with Crippen LogP contribution in [0.4, 0.5) is 0 Å². The van der Waals surface area contributed by atoms with Crippen molar-refractivity contribution in [2.24, 2.45) is 0 Å². The highest BCUT2D eigenvalue weighted by Crippen LogP contribution is 2.28. The van der Waals surface area contributed by atoms with Gasteiger partial charge in [0.1, 0.15) is 0 Å². The maximum Gasteiger partial charge on any atom is 0.0325 e. The first-order valence-corrected chi connectivity index (χ1v) is 5.80. The highest BCUT2D eigenvalue weighted by Gasteiger charge is 2.34. The summed E-state index contributed by atoms with van der Waals surface area (Å²) in [5, 5.41) is 3.68. The van der Waals surface area contributed by atoms with Crippen LogP contribution in [-0.2, 0) is 0 Å². The first kappa shape index (κ1) is 10.4. The lowest BCUT2D eigenvalue weighted by Gasteiger charge is -2.38. The quantitative estimate of drug-likeness (QED) is 0.705.